The second-order valence-electron chi connectivity index (χ2n) is 6.97. The van der Waals surface area contributed by atoms with Crippen LogP contribution in [0.1, 0.15) is 22.7 Å². The normalized spacial score (nSPS) is 18.1. The zero-order valence-corrected chi connectivity index (χ0v) is 17.0. The topological polar surface area (TPSA) is 96.3 Å². The molecular formula is C23H25NO6. The molecule has 1 fully saturated rings. The van der Waals surface area contributed by atoms with E-state index in [-0.39, 0.29) is 37.7 Å². The summed E-state index contributed by atoms with van der Waals surface area (Å²) in [6.45, 7) is 2.28. The van der Waals surface area contributed by atoms with Gasteiger partial charge >= 0.3 is 0 Å². The minimum absolute atomic E-state index is 0.0381. The number of hydrogen-bond donors (Lipinski definition) is 2. The second-order valence-corrected chi connectivity index (χ2v) is 6.97. The highest BCUT2D eigenvalue weighted by Gasteiger charge is 2.45. The van der Waals surface area contributed by atoms with Crippen molar-refractivity contribution in [2.24, 2.45) is 0 Å². The molecule has 0 saturated carbocycles. The number of methoxy groups -OCH3 is 1. The van der Waals surface area contributed by atoms with E-state index in [0.29, 0.717) is 11.3 Å². The summed E-state index contributed by atoms with van der Waals surface area (Å²) >= 11 is 0. The molecular weight excluding hydrogens is 386 g/mol. The SMILES string of the molecule is COc1ccc(C(O)=C2C(=O)C(=O)N(CCOCCO)C2c2ccc(C)cc2)cc1. The van der Waals surface area contributed by atoms with Gasteiger partial charge in [-0.05, 0) is 36.8 Å². The predicted molar refractivity (Wildman–Crippen MR) is 111 cm³/mol. The molecule has 1 saturated heterocycles. The molecule has 7 heteroatoms. The number of ketones is 1. The van der Waals surface area contributed by atoms with Crippen LogP contribution in [0, 0.1) is 6.92 Å². The fourth-order valence-electron chi connectivity index (χ4n) is 3.44. The Kier molecular flexibility index (Phi) is 6.87. The smallest absolute Gasteiger partial charge is 0.295 e. The molecule has 1 unspecified atom stereocenters. The Morgan fingerprint density at radius 3 is 2.30 bits per heavy atom. The molecule has 158 valence electrons. The van der Waals surface area contributed by atoms with Gasteiger partial charge in [0, 0.05) is 12.1 Å². The summed E-state index contributed by atoms with van der Waals surface area (Å²) in [6.07, 6.45) is 0. The molecule has 0 spiro atoms. The number of aliphatic hydroxyl groups is 2. The Hall–Kier alpha value is -3.16. The van der Waals surface area contributed by atoms with E-state index in [9.17, 15) is 14.7 Å². The molecule has 0 radical (unpaired) electrons. The summed E-state index contributed by atoms with van der Waals surface area (Å²) in [7, 11) is 1.54. The lowest BCUT2D eigenvalue weighted by atomic mass is 9.94. The number of hydrogen-bond acceptors (Lipinski definition) is 6. The van der Waals surface area contributed by atoms with Crippen molar-refractivity contribution in [1.29, 1.82) is 0 Å². The Labute approximate surface area is 175 Å². The number of Topliss-reactive ketones (excluding diaryl/α,β-unsaturated/α-hetero) is 1. The quantitative estimate of drug-likeness (QED) is 0.300. The van der Waals surface area contributed by atoms with E-state index in [1.165, 1.54) is 12.0 Å². The first-order valence-electron chi connectivity index (χ1n) is 9.66. The van der Waals surface area contributed by atoms with Crippen LogP contribution in [0.15, 0.2) is 54.1 Å². The highest BCUT2D eigenvalue weighted by atomic mass is 16.5. The van der Waals surface area contributed by atoms with Gasteiger partial charge in [0.1, 0.15) is 11.5 Å². The van der Waals surface area contributed by atoms with Gasteiger partial charge in [-0.2, -0.15) is 0 Å². The van der Waals surface area contributed by atoms with E-state index < -0.39 is 17.7 Å². The van der Waals surface area contributed by atoms with Crippen molar-refractivity contribution in [2.45, 2.75) is 13.0 Å². The highest BCUT2D eigenvalue weighted by Crippen LogP contribution is 2.39. The van der Waals surface area contributed by atoms with E-state index >= 15 is 0 Å². The molecule has 1 aliphatic rings. The molecule has 1 atom stereocenters. The molecule has 1 heterocycles. The maximum Gasteiger partial charge on any atom is 0.295 e. The van der Waals surface area contributed by atoms with Crippen LogP contribution in [0.3, 0.4) is 0 Å². The third-order valence-corrected chi connectivity index (χ3v) is 5.01. The second kappa shape index (κ2) is 9.56. The largest absolute Gasteiger partial charge is 0.507 e. The molecule has 1 amide bonds. The minimum atomic E-state index is -0.740. The maximum atomic E-state index is 12.9. The van der Waals surface area contributed by atoms with E-state index in [0.717, 1.165) is 11.1 Å². The monoisotopic (exact) mass is 411 g/mol. The summed E-state index contributed by atoms with van der Waals surface area (Å²) in [4.78, 5) is 27.1. The lowest BCUT2D eigenvalue weighted by Crippen LogP contribution is -2.33. The molecule has 2 N–H and O–H groups in total. The Morgan fingerprint density at radius 1 is 1.03 bits per heavy atom. The third kappa shape index (κ3) is 4.37. The van der Waals surface area contributed by atoms with Crippen molar-refractivity contribution < 1.29 is 29.3 Å². The van der Waals surface area contributed by atoms with Crippen LogP contribution in [0.4, 0.5) is 0 Å². The molecule has 0 bridgehead atoms. The first-order chi connectivity index (χ1) is 14.5. The van der Waals surface area contributed by atoms with Crippen LogP contribution in [-0.4, -0.2) is 60.3 Å². The van der Waals surface area contributed by atoms with Crippen molar-refractivity contribution in [1.82, 2.24) is 4.90 Å². The van der Waals surface area contributed by atoms with E-state index in [4.69, 9.17) is 14.6 Å². The molecule has 2 aromatic carbocycles. The fraction of sp³-hybridized carbons (Fsp3) is 0.304. The number of ether oxygens (including phenoxy) is 2. The van der Waals surface area contributed by atoms with Crippen LogP contribution in [0.5, 0.6) is 5.75 Å². The van der Waals surface area contributed by atoms with Crippen molar-refractivity contribution in [3.63, 3.8) is 0 Å². The molecule has 30 heavy (non-hydrogen) atoms. The number of nitrogens with zero attached hydrogens (tertiary/aromatic N) is 1. The first kappa shape index (κ1) is 21.5. The summed E-state index contributed by atoms with van der Waals surface area (Å²) in [5.41, 5.74) is 2.22. The zero-order valence-electron chi connectivity index (χ0n) is 17.0. The Balaban J connectivity index is 2.04. The predicted octanol–water partition coefficient (Wildman–Crippen LogP) is 2.43. The van der Waals surface area contributed by atoms with Crippen LogP contribution in [0.25, 0.3) is 5.76 Å². The van der Waals surface area contributed by atoms with Gasteiger partial charge in [0.05, 0.1) is 38.5 Å². The summed E-state index contributed by atoms with van der Waals surface area (Å²) in [5, 5.41) is 19.8. The van der Waals surface area contributed by atoms with E-state index in [2.05, 4.69) is 0 Å². The highest BCUT2D eigenvalue weighted by molar-refractivity contribution is 6.46. The van der Waals surface area contributed by atoms with Gasteiger partial charge in [-0.3, -0.25) is 9.59 Å². The standard InChI is InChI=1S/C23H25NO6/c1-15-3-5-16(6-4-15)20-19(21(26)17-7-9-18(29-2)10-8-17)22(27)23(28)24(20)11-13-30-14-12-25/h3-10,20,25-26H,11-14H2,1-2H3. The fourth-order valence-corrected chi connectivity index (χ4v) is 3.44. The van der Waals surface area contributed by atoms with Gasteiger partial charge in [0.25, 0.3) is 11.7 Å². The average Bonchev–Trinajstić information content (AvgIpc) is 3.01. The van der Waals surface area contributed by atoms with Crippen LogP contribution >= 0.6 is 0 Å². The van der Waals surface area contributed by atoms with Crippen LogP contribution in [-0.2, 0) is 14.3 Å². The van der Waals surface area contributed by atoms with E-state index in [1.54, 1.807) is 24.3 Å². The Morgan fingerprint density at radius 2 is 1.70 bits per heavy atom. The third-order valence-electron chi connectivity index (χ3n) is 5.01. The molecule has 3 rings (SSSR count). The summed E-state index contributed by atoms with van der Waals surface area (Å²) in [5.74, 6) is -1.05. The lowest BCUT2D eigenvalue weighted by Gasteiger charge is -2.25. The number of aryl methyl sites for hydroxylation is 1. The number of aliphatic hydroxyl groups excluding tert-OH is 2. The summed E-state index contributed by atoms with van der Waals surface area (Å²) < 4.78 is 10.4. The van der Waals surface area contributed by atoms with Gasteiger partial charge in [-0.15, -0.1) is 0 Å². The van der Waals surface area contributed by atoms with Gasteiger partial charge in [-0.25, -0.2) is 0 Å². The molecule has 2 aromatic rings. The molecule has 7 nitrogen and oxygen atoms in total. The number of benzene rings is 2. The molecule has 0 aromatic heterocycles. The Bertz CT molecular complexity index is 933. The number of rotatable bonds is 8. The van der Waals surface area contributed by atoms with E-state index in [1.807, 2.05) is 31.2 Å². The number of carbonyl (C=O) groups is 2. The average molecular weight is 411 g/mol. The van der Waals surface area contributed by atoms with Gasteiger partial charge in [-0.1, -0.05) is 29.8 Å². The maximum absolute atomic E-state index is 12.9. The van der Waals surface area contributed by atoms with Crippen molar-refractivity contribution in [2.75, 3.05) is 33.5 Å². The first-order valence-corrected chi connectivity index (χ1v) is 9.66. The van der Waals surface area contributed by atoms with Crippen molar-refractivity contribution in [3.8, 4) is 5.75 Å². The number of carbonyl (C=O) groups excluding carboxylic acids is 2. The van der Waals surface area contributed by atoms with Crippen molar-refractivity contribution >= 4 is 17.4 Å². The van der Waals surface area contributed by atoms with Crippen LogP contribution < -0.4 is 4.74 Å². The lowest BCUT2D eigenvalue weighted by molar-refractivity contribution is -0.140. The molecule has 0 aliphatic carbocycles. The van der Waals surface area contributed by atoms with Gasteiger partial charge < -0.3 is 24.6 Å². The number of amides is 1. The van der Waals surface area contributed by atoms with Crippen molar-refractivity contribution in [3.05, 3.63) is 70.8 Å². The van der Waals surface area contributed by atoms with Crippen LogP contribution in [0.2, 0.25) is 0 Å². The zero-order chi connectivity index (χ0) is 21.7. The molecule has 1 aliphatic heterocycles. The van der Waals surface area contributed by atoms with Gasteiger partial charge in [0.2, 0.25) is 0 Å². The minimum Gasteiger partial charge on any atom is -0.507 e. The van der Waals surface area contributed by atoms with Gasteiger partial charge in [0.15, 0.2) is 0 Å². The summed E-state index contributed by atoms with van der Waals surface area (Å²) in [6, 6.07) is 13.4. The number of likely N-dealkylation sites (tertiary alicyclic amines) is 1.